The Morgan fingerprint density at radius 1 is 1.10 bits per heavy atom. The van der Waals surface area contributed by atoms with Crippen molar-refractivity contribution in [3.8, 4) is 0 Å². The molecule has 7 heteroatoms. The average molecular weight is 399 g/mol. The number of benzene rings is 1. The van der Waals surface area contributed by atoms with Crippen LogP contribution in [0.25, 0.3) is 0 Å². The number of ether oxygens (including phenoxy) is 1. The number of nitrogens with zero attached hydrogens (tertiary/aromatic N) is 2. The maximum atomic E-state index is 12.4. The standard InChI is InChI=1S/C22H30N4O3/c1-22(2,3)29-21(28)25-17-12-10-16(11-13-17)8-6-15-24-20(27)18-9-7-14-23-19(18)26(4)5/h7,9-14H,6,8,15H2,1-5H3,(H,24,27)(H,25,28). The maximum absolute atomic E-state index is 12.4. The molecule has 0 atom stereocenters. The summed E-state index contributed by atoms with van der Waals surface area (Å²) >= 11 is 0. The molecule has 2 amide bonds. The molecule has 2 aromatic rings. The molecule has 0 fully saturated rings. The summed E-state index contributed by atoms with van der Waals surface area (Å²) < 4.78 is 5.24. The van der Waals surface area contributed by atoms with Gasteiger partial charge in [-0.15, -0.1) is 0 Å². The molecule has 1 aromatic heterocycles. The minimum Gasteiger partial charge on any atom is -0.444 e. The fraction of sp³-hybridized carbons (Fsp3) is 0.409. The molecule has 0 aliphatic carbocycles. The molecule has 0 bridgehead atoms. The summed E-state index contributed by atoms with van der Waals surface area (Å²) in [7, 11) is 3.72. The highest BCUT2D eigenvalue weighted by Gasteiger charge is 2.16. The van der Waals surface area contributed by atoms with Crippen LogP contribution in [0.5, 0.6) is 0 Å². The van der Waals surface area contributed by atoms with E-state index in [0.29, 0.717) is 23.6 Å². The van der Waals surface area contributed by atoms with Crippen LogP contribution >= 0.6 is 0 Å². The zero-order valence-electron chi connectivity index (χ0n) is 17.8. The number of aryl methyl sites for hydroxylation is 1. The molecule has 2 N–H and O–H groups in total. The molecular formula is C22H30N4O3. The number of rotatable bonds is 7. The summed E-state index contributed by atoms with van der Waals surface area (Å²) in [5.41, 5.74) is 1.85. The second-order valence-corrected chi connectivity index (χ2v) is 7.95. The number of carbonyl (C=O) groups is 2. The summed E-state index contributed by atoms with van der Waals surface area (Å²) in [5.74, 6) is 0.525. The molecule has 0 aliphatic heterocycles. The highest BCUT2D eigenvalue weighted by molar-refractivity contribution is 5.98. The maximum Gasteiger partial charge on any atom is 0.412 e. The minimum absolute atomic E-state index is 0.126. The van der Waals surface area contributed by atoms with Gasteiger partial charge in [-0.1, -0.05) is 12.1 Å². The Balaban J connectivity index is 1.78. The van der Waals surface area contributed by atoms with E-state index in [4.69, 9.17) is 4.74 Å². The smallest absolute Gasteiger partial charge is 0.412 e. The van der Waals surface area contributed by atoms with Crippen LogP contribution in [0.4, 0.5) is 16.3 Å². The monoisotopic (exact) mass is 398 g/mol. The first-order valence-corrected chi connectivity index (χ1v) is 9.65. The molecular weight excluding hydrogens is 368 g/mol. The predicted molar refractivity (Wildman–Crippen MR) is 116 cm³/mol. The van der Waals surface area contributed by atoms with Crippen molar-refractivity contribution >= 4 is 23.5 Å². The molecule has 0 spiro atoms. The Kier molecular flexibility index (Phi) is 7.59. The van der Waals surface area contributed by atoms with Gasteiger partial charge < -0.3 is 15.0 Å². The quantitative estimate of drug-likeness (QED) is 0.692. The summed E-state index contributed by atoms with van der Waals surface area (Å²) in [6, 6.07) is 11.1. The molecule has 7 nitrogen and oxygen atoms in total. The van der Waals surface area contributed by atoms with Crippen LogP contribution in [0.3, 0.4) is 0 Å². The van der Waals surface area contributed by atoms with Crippen molar-refractivity contribution in [3.05, 3.63) is 53.7 Å². The van der Waals surface area contributed by atoms with Gasteiger partial charge in [0.05, 0.1) is 5.56 Å². The molecule has 156 valence electrons. The third-order valence-corrected chi connectivity index (χ3v) is 3.98. The van der Waals surface area contributed by atoms with Gasteiger partial charge in [0.2, 0.25) is 0 Å². The third kappa shape index (κ3) is 7.44. The summed E-state index contributed by atoms with van der Waals surface area (Å²) in [4.78, 5) is 30.3. The van der Waals surface area contributed by atoms with Crippen molar-refractivity contribution in [1.29, 1.82) is 0 Å². The number of amides is 2. The first-order valence-electron chi connectivity index (χ1n) is 9.65. The van der Waals surface area contributed by atoms with Crippen LogP contribution < -0.4 is 15.5 Å². The summed E-state index contributed by atoms with van der Waals surface area (Å²) in [6.45, 7) is 6.04. The SMILES string of the molecule is CN(C)c1ncccc1C(=O)NCCCc1ccc(NC(=O)OC(C)(C)C)cc1. The van der Waals surface area contributed by atoms with E-state index in [9.17, 15) is 9.59 Å². The van der Waals surface area contributed by atoms with E-state index in [1.54, 1.807) is 18.3 Å². The third-order valence-electron chi connectivity index (χ3n) is 3.98. The highest BCUT2D eigenvalue weighted by atomic mass is 16.6. The van der Waals surface area contributed by atoms with Crippen LogP contribution in [-0.2, 0) is 11.2 Å². The van der Waals surface area contributed by atoms with Gasteiger partial charge in [0.15, 0.2) is 0 Å². The first-order chi connectivity index (χ1) is 13.7. The largest absolute Gasteiger partial charge is 0.444 e. The Labute approximate surface area is 172 Å². The molecule has 0 radical (unpaired) electrons. The summed E-state index contributed by atoms with van der Waals surface area (Å²) in [5, 5.41) is 5.66. The fourth-order valence-corrected chi connectivity index (χ4v) is 2.70. The van der Waals surface area contributed by atoms with Gasteiger partial charge in [-0.05, 0) is 63.4 Å². The van der Waals surface area contributed by atoms with E-state index in [1.807, 2.05) is 64.0 Å². The minimum atomic E-state index is -0.530. The lowest BCUT2D eigenvalue weighted by molar-refractivity contribution is 0.0635. The van der Waals surface area contributed by atoms with Gasteiger partial charge in [-0.3, -0.25) is 10.1 Å². The van der Waals surface area contributed by atoms with Gasteiger partial charge in [0.25, 0.3) is 5.91 Å². The van der Waals surface area contributed by atoms with Crippen molar-refractivity contribution in [2.75, 3.05) is 30.9 Å². The van der Waals surface area contributed by atoms with Crippen molar-refractivity contribution < 1.29 is 14.3 Å². The fourth-order valence-electron chi connectivity index (χ4n) is 2.70. The van der Waals surface area contributed by atoms with Crippen LogP contribution in [0.2, 0.25) is 0 Å². The number of pyridine rings is 1. The first kappa shape index (κ1) is 22.2. The van der Waals surface area contributed by atoms with E-state index in [0.717, 1.165) is 18.4 Å². The zero-order valence-corrected chi connectivity index (χ0v) is 17.8. The van der Waals surface area contributed by atoms with Gasteiger partial charge in [0, 0.05) is 32.5 Å². The lowest BCUT2D eigenvalue weighted by Crippen LogP contribution is -2.27. The number of anilines is 2. The van der Waals surface area contributed by atoms with Crippen LogP contribution in [-0.4, -0.2) is 43.2 Å². The van der Waals surface area contributed by atoms with Crippen molar-refractivity contribution in [1.82, 2.24) is 10.3 Å². The van der Waals surface area contributed by atoms with Crippen LogP contribution in [0, 0.1) is 0 Å². The summed E-state index contributed by atoms with van der Waals surface area (Å²) in [6.07, 6.45) is 2.83. The number of nitrogens with one attached hydrogen (secondary N) is 2. The van der Waals surface area contributed by atoms with Crippen molar-refractivity contribution in [2.24, 2.45) is 0 Å². The van der Waals surface area contributed by atoms with Crippen LogP contribution in [0.15, 0.2) is 42.6 Å². The number of aromatic nitrogens is 1. The number of carbonyl (C=O) groups excluding carboxylic acids is 2. The zero-order chi connectivity index (χ0) is 21.4. The van der Waals surface area contributed by atoms with E-state index in [-0.39, 0.29) is 5.91 Å². The molecule has 1 heterocycles. The van der Waals surface area contributed by atoms with Crippen LogP contribution in [0.1, 0.15) is 43.1 Å². The Hall–Kier alpha value is -3.09. The van der Waals surface area contributed by atoms with Gasteiger partial charge in [-0.25, -0.2) is 9.78 Å². The predicted octanol–water partition coefficient (Wildman–Crippen LogP) is 3.86. The second kappa shape index (κ2) is 9.91. The van der Waals surface area contributed by atoms with Crippen molar-refractivity contribution in [2.45, 2.75) is 39.2 Å². The van der Waals surface area contributed by atoms with Crippen molar-refractivity contribution in [3.63, 3.8) is 0 Å². The average Bonchev–Trinajstić information content (AvgIpc) is 2.64. The normalized spacial score (nSPS) is 10.9. The molecule has 0 saturated heterocycles. The Morgan fingerprint density at radius 3 is 2.41 bits per heavy atom. The Bertz CT molecular complexity index is 827. The molecule has 2 rings (SSSR count). The number of hydrogen-bond donors (Lipinski definition) is 2. The number of hydrogen-bond acceptors (Lipinski definition) is 5. The van der Waals surface area contributed by atoms with Gasteiger partial charge >= 0.3 is 6.09 Å². The molecule has 1 aromatic carbocycles. The van der Waals surface area contributed by atoms with E-state index < -0.39 is 11.7 Å². The molecule has 0 aliphatic rings. The topological polar surface area (TPSA) is 83.6 Å². The van der Waals surface area contributed by atoms with E-state index >= 15 is 0 Å². The lowest BCUT2D eigenvalue weighted by Gasteiger charge is -2.19. The molecule has 0 saturated carbocycles. The van der Waals surface area contributed by atoms with Gasteiger partial charge in [0.1, 0.15) is 11.4 Å². The molecule has 29 heavy (non-hydrogen) atoms. The van der Waals surface area contributed by atoms with E-state index in [1.165, 1.54) is 0 Å². The highest BCUT2D eigenvalue weighted by Crippen LogP contribution is 2.15. The van der Waals surface area contributed by atoms with E-state index in [2.05, 4.69) is 15.6 Å². The van der Waals surface area contributed by atoms with Gasteiger partial charge in [-0.2, -0.15) is 0 Å². The molecule has 0 unspecified atom stereocenters. The lowest BCUT2D eigenvalue weighted by atomic mass is 10.1. The Morgan fingerprint density at radius 2 is 1.79 bits per heavy atom. The second-order valence-electron chi connectivity index (χ2n) is 7.95.